The molecule has 0 amide bonds. The Balaban J connectivity index is 2.30. The minimum absolute atomic E-state index is 0.104. The number of nitrogens with zero attached hydrogens (tertiary/aromatic N) is 1. The number of aliphatic hydroxyl groups excluding tert-OH is 4. The van der Waals surface area contributed by atoms with Crippen molar-refractivity contribution in [1.29, 1.82) is 0 Å². The quantitative estimate of drug-likeness (QED) is 0.537. The maximum atomic E-state index is 9.81. The number of hydrogen-bond acceptors (Lipinski definition) is 5. The summed E-state index contributed by atoms with van der Waals surface area (Å²) in [5.41, 5.74) is 1.20. The van der Waals surface area contributed by atoms with Crippen molar-refractivity contribution in [1.82, 2.24) is 9.97 Å². The number of aromatic nitrogens is 2. The molecular formula is C11H13ClN2O4. The van der Waals surface area contributed by atoms with Crippen molar-refractivity contribution in [3.8, 4) is 0 Å². The average molecular weight is 273 g/mol. The minimum atomic E-state index is -1.52. The molecular weight excluding hydrogens is 260 g/mol. The molecule has 1 aromatic heterocycles. The number of aromatic amines is 1. The van der Waals surface area contributed by atoms with E-state index in [1.54, 1.807) is 18.2 Å². The van der Waals surface area contributed by atoms with Gasteiger partial charge in [-0.1, -0.05) is 11.6 Å². The number of imidazole rings is 1. The second kappa shape index (κ2) is 5.21. The third-order valence-electron chi connectivity index (χ3n) is 2.65. The van der Waals surface area contributed by atoms with Gasteiger partial charge in [0.25, 0.3) is 0 Å². The first-order valence-electron chi connectivity index (χ1n) is 5.33. The maximum absolute atomic E-state index is 9.81. The van der Waals surface area contributed by atoms with Gasteiger partial charge in [0.2, 0.25) is 0 Å². The molecule has 18 heavy (non-hydrogen) atoms. The number of hydrogen-bond donors (Lipinski definition) is 5. The van der Waals surface area contributed by atoms with Crippen molar-refractivity contribution in [3.63, 3.8) is 0 Å². The molecule has 0 bridgehead atoms. The van der Waals surface area contributed by atoms with Crippen LogP contribution in [0.5, 0.6) is 0 Å². The summed E-state index contributed by atoms with van der Waals surface area (Å²) in [6.07, 6.45) is -4.37. The number of H-pyrrole nitrogens is 1. The number of rotatable bonds is 4. The fourth-order valence-electron chi connectivity index (χ4n) is 1.62. The normalized spacial score (nSPS) is 16.7. The molecule has 0 aliphatic carbocycles. The van der Waals surface area contributed by atoms with E-state index in [0.717, 1.165) is 0 Å². The monoisotopic (exact) mass is 272 g/mol. The summed E-state index contributed by atoms with van der Waals surface area (Å²) in [5, 5.41) is 37.9. The molecule has 5 N–H and O–H groups in total. The Kier molecular flexibility index (Phi) is 3.84. The van der Waals surface area contributed by atoms with E-state index in [9.17, 15) is 15.3 Å². The molecule has 0 unspecified atom stereocenters. The lowest BCUT2D eigenvalue weighted by Gasteiger charge is -2.19. The fraction of sp³-hybridized carbons (Fsp3) is 0.364. The van der Waals surface area contributed by atoms with E-state index in [-0.39, 0.29) is 5.82 Å². The van der Waals surface area contributed by atoms with Crippen molar-refractivity contribution in [3.05, 3.63) is 29.0 Å². The molecule has 0 aliphatic heterocycles. The molecule has 0 aliphatic rings. The third kappa shape index (κ3) is 2.47. The van der Waals surface area contributed by atoms with Gasteiger partial charge in [-0.05, 0) is 18.2 Å². The van der Waals surface area contributed by atoms with Crippen LogP contribution in [0.25, 0.3) is 11.0 Å². The molecule has 1 heterocycles. The Bertz CT molecular complexity index is 545. The fourth-order valence-corrected chi connectivity index (χ4v) is 1.79. The van der Waals surface area contributed by atoms with Crippen molar-refractivity contribution < 1.29 is 20.4 Å². The third-order valence-corrected chi connectivity index (χ3v) is 2.88. The summed E-state index contributed by atoms with van der Waals surface area (Å²) in [7, 11) is 0. The van der Waals surface area contributed by atoms with E-state index in [4.69, 9.17) is 16.7 Å². The van der Waals surface area contributed by atoms with Gasteiger partial charge in [0.15, 0.2) is 0 Å². The second-order valence-electron chi connectivity index (χ2n) is 3.97. The molecule has 0 spiro atoms. The Morgan fingerprint density at radius 3 is 2.67 bits per heavy atom. The maximum Gasteiger partial charge on any atom is 0.140 e. The Morgan fingerprint density at radius 1 is 1.28 bits per heavy atom. The summed E-state index contributed by atoms with van der Waals surface area (Å²) >= 11 is 5.80. The number of halogens is 1. The second-order valence-corrected chi connectivity index (χ2v) is 4.41. The number of benzene rings is 1. The van der Waals surface area contributed by atoms with Crippen LogP contribution in [0.15, 0.2) is 18.2 Å². The summed E-state index contributed by atoms with van der Waals surface area (Å²) in [5.74, 6) is 0.104. The highest BCUT2D eigenvalue weighted by Gasteiger charge is 2.27. The zero-order valence-electron chi connectivity index (χ0n) is 9.29. The van der Waals surface area contributed by atoms with Gasteiger partial charge < -0.3 is 25.4 Å². The zero-order valence-corrected chi connectivity index (χ0v) is 10.0. The van der Waals surface area contributed by atoms with Crippen molar-refractivity contribution in [2.75, 3.05) is 6.61 Å². The molecule has 0 fully saturated rings. The van der Waals surface area contributed by atoms with Crippen LogP contribution in [0.2, 0.25) is 5.02 Å². The van der Waals surface area contributed by atoms with Crippen LogP contribution in [0.3, 0.4) is 0 Å². The van der Waals surface area contributed by atoms with Crippen LogP contribution in [0.4, 0.5) is 0 Å². The predicted octanol–water partition coefficient (Wildman–Crippen LogP) is -0.0362. The lowest BCUT2D eigenvalue weighted by molar-refractivity contribution is -0.0800. The molecule has 0 saturated heterocycles. The van der Waals surface area contributed by atoms with Gasteiger partial charge in [0, 0.05) is 5.02 Å². The summed E-state index contributed by atoms with van der Waals surface area (Å²) < 4.78 is 0. The summed E-state index contributed by atoms with van der Waals surface area (Å²) in [6, 6.07) is 4.96. The van der Waals surface area contributed by atoms with Gasteiger partial charge in [-0.25, -0.2) is 4.98 Å². The summed E-state index contributed by atoms with van der Waals surface area (Å²) in [6.45, 7) is -0.649. The van der Waals surface area contributed by atoms with Crippen LogP contribution < -0.4 is 0 Å². The molecule has 2 rings (SSSR count). The molecule has 1 aromatic carbocycles. The molecule has 0 saturated carbocycles. The number of nitrogens with one attached hydrogen (secondary N) is 1. The van der Waals surface area contributed by atoms with E-state index < -0.39 is 24.9 Å². The lowest BCUT2D eigenvalue weighted by atomic mass is 10.1. The average Bonchev–Trinajstić information content (AvgIpc) is 2.78. The first-order valence-corrected chi connectivity index (χ1v) is 5.71. The van der Waals surface area contributed by atoms with Gasteiger partial charge >= 0.3 is 0 Å². The molecule has 0 radical (unpaired) electrons. The Morgan fingerprint density at radius 2 is 2.00 bits per heavy atom. The zero-order chi connectivity index (χ0) is 13.3. The smallest absolute Gasteiger partial charge is 0.140 e. The summed E-state index contributed by atoms with van der Waals surface area (Å²) in [4.78, 5) is 6.88. The van der Waals surface area contributed by atoms with E-state index >= 15 is 0 Å². The predicted molar refractivity (Wildman–Crippen MR) is 65.2 cm³/mol. The highest BCUT2D eigenvalue weighted by molar-refractivity contribution is 6.31. The Labute approximate surface area is 107 Å². The largest absolute Gasteiger partial charge is 0.394 e. The van der Waals surface area contributed by atoms with Crippen molar-refractivity contribution >= 4 is 22.6 Å². The highest BCUT2D eigenvalue weighted by atomic mass is 35.5. The standard InChI is InChI=1S/C11H13ClN2O4/c12-5-1-2-6-7(3-5)14-11(13-6)10(18)9(17)8(16)4-15/h1-3,8-10,15-18H,4H2,(H,13,14)/t8-,9-,10-/m1/s1. The van der Waals surface area contributed by atoms with Crippen LogP contribution in [0, 0.1) is 0 Å². The molecule has 3 atom stereocenters. The molecule has 6 nitrogen and oxygen atoms in total. The number of aliphatic hydroxyl groups is 4. The van der Waals surface area contributed by atoms with Gasteiger partial charge in [0.1, 0.15) is 24.1 Å². The molecule has 98 valence electrons. The highest BCUT2D eigenvalue weighted by Crippen LogP contribution is 2.22. The Hall–Kier alpha value is -1.18. The van der Waals surface area contributed by atoms with Crippen LogP contribution in [-0.4, -0.2) is 49.2 Å². The minimum Gasteiger partial charge on any atom is -0.394 e. The number of fused-ring (bicyclic) bond motifs is 1. The van der Waals surface area contributed by atoms with Crippen molar-refractivity contribution in [2.45, 2.75) is 18.3 Å². The molecule has 2 aromatic rings. The van der Waals surface area contributed by atoms with Gasteiger partial charge in [-0.3, -0.25) is 0 Å². The SMILES string of the molecule is OC[C@@H](O)[C@@H](O)[C@@H](O)c1nc2cc(Cl)ccc2[nH]1. The topological polar surface area (TPSA) is 110 Å². The van der Waals surface area contributed by atoms with Gasteiger partial charge in [-0.15, -0.1) is 0 Å². The first kappa shape index (κ1) is 13.3. The van der Waals surface area contributed by atoms with E-state index in [2.05, 4.69) is 9.97 Å². The van der Waals surface area contributed by atoms with E-state index in [1.165, 1.54) is 0 Å². The van der Waals surface area contributed by atoms with E-state index in [1.807, 2.05) is 0 Å². The van der Waals surface area contributed by atoms with Gasteiger partial charge in [0.05, 0.1) is 17.6 Å². The van der Waals surface area contributed by atoms with Crippen molar-refractivity contribution in [2.24, 2.45) is 0 Å². The first-order chi connectivity index (χ1) is 8.52. The van der Waals surface area contributed by atoms with E-state index in [0.29, 0.717) is 16.1 Å². The lowest BCUT2D eigenvalue weighted by Crippen LogP contribution is -2.35. The van der Waals surface area contributed by atoms with Crippen LogP contribution in [-0.2, 0) is 0 Å². The van der Waals surface area contributed by atoms with Crippen LogP contribution >= 0.6 is 11.6 Å². The van der Waals surface area contributed by atoms with Crippen LogP contribution in [0.1, 0.15) is 11.9 Å². The molecule has 7 heteroatoms. The van der Waals surface area contributed by atoms with Gasteiger partial charge in [-0.2, -0.15) is 0 Å².